The van der Waals surface area contributed by atoms with Crippen LogP contribution in [-0.2, 0) is 32.9 Å². The number of rotatable bonds is 3. The zero-order chi connectivity index (χ0) is 35.2. The lowest BCUT2D eigenvalue weighted by molar-refractivity contribution is 0.0134. The number of hydrogen-bond acceptors (Lipinski definition) is 8. The van der Waals surface area contributed by atoms with Gasteiger partial charge in [0.25, 0.3) is 11.8 Å². The molecule has 1 spiro atoms. The van der Waals surface area contributed by atoms with Crippen molar-refractivity contribution in [1.82, 2.24) is 14.5 Å². The summed E-state index contributed by atoms with van der Waals surface area (Å²) in [6, 6.07) is 11.5. The van der Waals surface area contributed by atoms with E-state index in [0.717, 1.165) is 42.3 Å². The second kappa shape index (κ2) is 14.0. The number of thioether (sulfide) groups is 1. The molecule has 2 amide bonds. The van der Waals surface area contributed by atoms with E-state index in [2.05, 4.69) is 43.4 Å². The number of carbonyl (C=O) groups is 2. The summed E-state index contributed by atoms with van der Waals surface area (Å²) in [5.74, 6) is 0.907. The molecule has 1 N–H and O–H groups in total. The van der Waals surface area contributed by atoms with Crippen molar-refractivity contribution in [3.05, 3.63) is 88.2 Å². The predicted octanol–water partition coefficient (Wildman–Crippen LogP) is 6.44. The summed E-state index contributed by atoms with van der Waals surface area (Å²) in [6.45, 7) is 5.65. The van der Waals surface area contributed by atoms with E-state index in [-0.39, 0.29) is 27.9 Å². The lowest BCUT2D eigenvalue weighted by Gasteiger charge is -2.45. The molecule has 1 fully saturated rings. The molecule has 1 aliphatic carbocycles. The van der Waals surface area contributed by atoms with Gasteiger partial charge >= 0.3 is 0 Å². The smallest absolute Gasteiger partial charge is 0.286 e. The van der Waals surface area contributed by atoms with Gasteiger partial charge in [-0.25, -0.2) is 4.21 Å². The molecule has 266 valence electrons. The molecule has 2 aromatic carbocycles. The number of benzene rings is 2. The maximum atomic E-state index is 14.7. The van der Waals surface area contributed by atoms with Crippen LogP contribution in [0.5, 0.6) is 5.75 Å². The molecule has 1 aromatic heterocycles. The molecule has 1 saturated carbocycles. The van der Waals surface area contributed by atoms with Crippen molar-refractivity contribution in [2.75, 3.05) is 37.5 Å². The summed E-state index contributed by atoms with van der Waals surface area (Å²) >= 11 is 8.36. The molecular weight excluding hydrogens is 694 g/mol. The molecule has 13 heteroatoms. The first-order valence-electron chi connectivity index (χ1n) is 17.2. The fraction of sp³-hybridized carbons (Fsp3) is 0.486. The van der Waals surface area contributed by atoms with Crippen LogP contribution in [0.2, 0.25) is 5.02 Å². The van der Waals surface area contributed by atoms with Gasteiger partial charge in [0.2, 0.25) is 0 Å². The average molecular weight is 738 g/mol. The highest BCUT2D eigenvalue weighted by molar-refractivity contribution is 8.00. The van der Waals surface area contributed by atoms with Crippen molar-refractivity contribution in [3.63, 3.8) is 0 Å². The van der Waals surface area contributed by atoms with Gasteiger partial charge in [-0.2, -0.15) is 5.10 Å². The number of allylic oxidation sites excluding steroid dienone is 1. The topological polar surface area (TPSA) is 115 Å². The minimum absolute atomic E-state index is 0.0695. The van der Waals surface area contributed by atoms with Gasteiger partial charge < -0.3 is 14.4 Å². The van der Waals surface area contributed by atoms with Crippen molar-refractivity contribution in [2.45, 2.75) is 55.6 Å². The number of nitrogens with zero attached hydrogens (tertiary/aromatic N) is 4. The Bertz CT molecular complexity index is 1960. The number of aryl methyl sites for hydroxylation is 2. The van der Waals surface area contributed by atoms with Crippen LogP contribution < -0.4 is 14.4 Å². The third-order valence-electron chi connectivity index (χ3n) is 11.0. The minimum atomic E-state index is -3.60. The number of aromatic nitrogens is 2. The number of fused-ring (bicyclic) bond motifs is 4. The molecule has 4 heterocycles. The molecule has 1 unspecified atom stereocenters. The van der Waals surface area contributed by atoms with Crippen molar-refractivity contribution in [2.24, 2.45) is 29.2 Å². The van der Waals surface area contributed by atoms with E-state index in [0.29, 0.717) is 37.2 Å². The maximum absolute atomic E-state index is 14.7. The van der Waals surface area contributed by atoms with Gasteiger partial charge in [-0.05, 0) is 97.6 Å². The number of halogens is 1. The first-order chi connectivity index (χ1) is 24.0. The van der Waals surface area contributed by atoms with Crippen LogP contribution >= 0.6 is 23.4 Å². The van der Waals surface area contributed by atoms with Crippen LogP contribution in [0.1, 0.15) is 65.0 Å². The Morgan fingerprint density at radius 3 is 2.78 bits per heavy atom. The van der Waals surface area contributed by atoms with Crippen LogP contribution in [0.3, 0.4) is 0 Å². The van der Waals surface area contributed by atoms with Crippen molar-refractivity contribution in [1.29, 1.82) is 0 Å². The summed E-state index contributed by atoms with van der Waals surface area (Å²) in [6.07, 6.45) is 10.7. The van der Waals surface area contributed by atoms with Gasteiger partial charge in [0.1, 0.15) is 22.3 Å². The number of nitrogens with one attached hydrogen (secondary N) is 1. The molecule has 3 aliphatic heterocycles. The number of carbonyl (C=O) groups excluding carboxylic acids is 2. The Labute approximate surface area is 303 Å². The van der Waals surface area contributed by atoms with Gasteiger partial charge in [0.15, 0.2) is 0 Å². The normalized spacial score (nSPS) is 31.7. The zero-order valence-corrected chi connectivity index (χ0v) is 31.2. The molecular formula is C37H44ClN5O5S2. The lowest BCUT2D eigenvalue weighted by Crippen LogP contribution is -2.48. The Kier molecular flexibility index (Phi) is 9.83. The number of methoxy groups -OCH3 is 1. The van der Waals surface area contributed by atoms with E-state index in [4.69, 9.17) is 21.1 Å². The molecule has 3 aromatic rings. The van der Waals surface area contributed by atoms with Gasteiger partial charge in [-0.15, -0.1) is 16.1 Å². The minimum Gasteiger partial charge on any atom is -0.490 e. The first-order valence-corrected chi connectivity index (χ1v) is 20.2. The predicted molar refractivity (Wildman–Crippen MR) is 198 cm³/mol. The van der Waals surface area contributed by atoms with Gasteiger partial charge in [-0.1, -0.05) is 36.7 Å². The molecule has 7 atom stereocenters. The quantitative estimate of drug-likeness (QED) is 0.306. The van der Waals surface area contributed by atoms with Crippen molar-refractivity contribution >= 4 is 50.8 Å². The fourth-order valence-corrected chi connectivity index (χ4v) is 11.2. The summed E-state index contributed by atoms with van der Waals surface area (Å²) in [5.41, 5.74) is 3.80. The average Bonchev–Trinajstić information content (AvgIpc) is 3.47. The Balaban J connectivity index is 1.33. The highest BCUT2D eigenvalue weighted by atomic mass is 35.5. The Morgan fingerprint density at radius 2 is 2.04 bits per heavy atom. The van der Waals surface area contributed by atoms with Crippen molar-refractivity contribution < 1.29 is 23.3 Å². The van der Waals surface area contributed by atoms with E-state index in [1.54, 1.807) is 27.1 Å². The Morgan fingerprint density at radius 1 is 1.20 bits per heavy atom. The Hall–Kier alpha value is -3.32. The number of amides is 2. The van der Waals surface area contributed by atoms with Crippen LogP contribution in [-0.4, -0.2) is 69.7 Å². The van der Waals surface area contributed by atoms with E-state index < -0.39 is 27.0 Å². The van der Waals surface area contributed by atoms with Crippen LogP contribution in [0.4, 0.5) is 5.69 Å². The highest BCUT2D eigenvalue weighted by Gasteiger charge is 2.45. The lowest BCUT2D eigenvalue weighted by atomic mass is 9.70. The largest absolute Gasteiger partial charge is 0.490 e. The van der Waals surface area contributed by atoms with Crippen LogP contribution in [0, 0.1) is 17.8 Å². The molecule has 7 rings (SSSR count). The third kappa shape index (κ3) is 6.71. The highest BCUT2D eigenvalue weighted by Crippen LogP contribution is 2.49. The summed E-state index contributed by atoms with van der Waals surface area (Å²) < 4.78 is 35.6. The fourth-order valence-electron chi connectivity index (χ4n) is 7.69. The summed E-state index contributed by atoms with van der Waals surface area (Å²) in [4.78, 5) is 29.8. The SMILES string of the molecule is CO[C@H]1/C=C/C[C@H](C)[C@@H](C)S(=O)(NC(=O)c2cnn(C)c2)=NC(=O)c2ccc3c(c2)N(C[C@@H]2CC[C@H]21)C[C@]1(CO3)SCCc2cc(Cl)ccc21. The van der Waals surface area contributed by atoms with E-state index in [1.807, 2.05) is 36.9 Å². The molecule has 0 radical (unpaired) electrons. The molecule has 2 bridgehead atoms. The van der Waals surface area contributed by atoms with Gasteiger partial charge in [-0.3, -0.25) is 19.0 Å². The third-order valence-corrected chi connectivity index (χ3v) is 15.0. The first kappa shape index (κ1) is 35.1. The number of anilines is 1. The van der Waals surface area contributed by atoms with E-state index >= 15 is 0 Å². The summed E-state index contributed by atoms with van der Waals surface area (Å²) in [7, 11) is -0.138. The number of hydrogen-bond donors (Lipinski definition) is 1. The molecule has 4 aliphatic rings. The van der Waals surface area contributed by atoms with E-state index in [9.17, 15) is 13.8 Å². The zero-order valence-electron chi connectivity index (χ0n) is 28.8. The van der Waals surface area contributed by atoms with Gasteiger partial charge in [0.05, 0.1) is 33.5 Å². The van der Waals surface area contributed by atoms with Crippen molar-refractivity contribution in [3.8, 4) is 5.75 Å². The second-order valence-corrected chi connectivity index (χ2v) is 18.3. The van der Waals surface area contributed by atoms with Gasteiger partial charge in [0, 0.05) is 44.0 Å². The molecule has 10 nitrogen and oxygen atoms in total. The second-order valence-electron chi connectivity index (χ2n) is 14.1. The van der Waals surface area contributed by atoms with E-state index in [1.165, 1.54) is 28.2 Å². The molecule has 50 heavy (non-hydrogen) atoms. The monoisotopic (exact) mass is 737 g/mol. The summed E-state index contributed by atoms with van der Waals surface area (Å²) in [5, 5.41) is 4.15. The molecule has 0 saturated heterocycles. The number of ether oxygens (including phenoxy) is 2. The van der Waals surface area contributed by atoms with Crippen LogP contribution in [0.15, 0.2) is 65.3 Å². The standard InChI is InChI=1S/C37H44ClN5O5S2/c1-23-6-5-7-33(47-4)30-11-8-27(30)20-43-21-37(31-12-10-29(38)16-25(31)14-15-49-37)22-48-34-13-9-26(17-32(34)43)35(44)40-50(46,24(23)2)41-36(45)28-18-39-42(3)19-28/h5,7,9-10,12-13,16-19,23-24,27,30,33H,6,8,11,14-15,20-22H2,1-4H3,(H,40,41,44,45,46)/b7-5+/t23-,24+,27-,30+,33-,37+,50?/m0/s1. The maximum Gasteiger partial charge on any atom is 0.286 e. The van der Waals surface area contributed by atoms with Crippen LogP contribution in [0.25, 0.3) is 0 Å².